The van der Waals surface area contributed by atoms with Crippen molar-refractivity contribution in [2.45, 2.75) is 19.1 Å². The largest absolute Gasteiger partial charge is 0.448 e. The fourth-order valence-corrected chi connectivity index (χ4v) is 1.04. The van der Waals surface area contributed by atoms with E-state index in [2.05, 4.69) is 5.32 Å². The lowest BCUT2D eigenvalue weighted by Gasteiger charge is -2.09. The summed E-state index contributed by atoms with van der Waals surface area (Å²) in [5.41, 5.74) is 0. The molecule has 6 heteroatoms. The van der Waals surface area contributed by atoms with Gasteiger partial charge in [-0.25, -0.2) is 8.78 Å². The minimum atomic E-state index is -2.73. The van der Waals surface area contributed by atoms with E-state index in [0.717, 1.165) is 0 Å². The molecule has 3 nitrogen and oxygen atoms in total. The van der Waals surface area contributed by atoms with Gasteiger partial charge in [0, 0.05) is 6.54 Å². The lowest BCUT2D eigenvalue weighted by molar-refractivity contribution is -0.00359. The van der Waals surface area contributed by atoms with Crippen LogP contribution in [-0.4, -0.2) is 24.2 Å². The topological polar surface area (TPSA) is 45.4 Å². The number of aliphatic hydroxyl groups is 1. The second-order valence-electron chi connectivity index (χ2n) is 2.74. The van der Waals surface area contributed by atoms with E-state index in [-0.39, 0.29) is 18.3 Å². The fraction of sp³-hybridized carbons (Fsp3) is 0.500. The lowest BCUT2D eigenvalue weighted by atomic mass is 10.3. The standard InChI is InChI=1S/C8H10ClF2NO2/c9-7-2-1-5(14-7)3-12-4-6(13)8(10)11/h1-2,6,8,12-13H,3-4H2. The molecule has 0 bridgehead atoms. The molecule has 1 aromatic rings. The minimum Gasteiger partial charge on any atom is -0.448 e. The molecule has 0 aliphatic carbocycles. The van der Waals surface area contributed by atoms with Crippen LogP contribution in [0.15, 0.2) is 16.5 Å². The molecule has 0 saturated carbocycles. The molecule has 1 heterocycles. The van der Waals surface area contributed by atoms with E-state index >= 15 is 0 Å². The average Bonchev–Trinajstić information content (AvgIpc) is 2.51. The van der Waals surface area contributed by atoms with Crippen molar-refractivity contribution < 1.29 is 18.3 Å². The van der Waals surface area contributed by atoms with Gasteiger partial charge in [0.2, 0.25) is 0 Å². The molecule has 14 heavy (non-hydrogen) atoms. The predicted molar refractivity (Wildman–Crippen MR) is 47.4 cm³/mol. The van der Waals surface area contributed by atoms with Crippen LogP contribution in [0.1, 0.15) is 5.76 Å². The Bertz CT molecular complexity index is 280. The quantitative estimate of drug-likeness (QED) is 0.801. The maximum atomic E-state index is 11.8. The number of halogens is 3. The van der Waals surface area contributed by atoms with Crippen LogP contribution in [0.5, 0.6) is 0 Å². The Kier molecular flexibility index (Phi) is 4.31. The van der Waals surface area contributed by atoms with E-state index in [0.29, 0.717) is 5.76 Å². The zero-order valence-corrected chi connectivity index (χ0v) is 7.97. The molecule has 0 spiro atoms. The maximum absolute atomic E-state index is 11.8. The van der Waals surface area contributed by atoms with Crippen LogP contribution in [0.2, 0.25) is 5.22 Å². The van der Waals surface area contributed by atoms with Crippen LogP contribution in [0.25, 0.3) is 0 Å². The molecule has 2 N–H and O–H groups in total. The number of nitrogens with one attached hydrogen (secondary N) is 1. The van der Waals surface area contributed by atoms with Gasteiger partial charge in [0.1, 0.15) is 11.9 Å². The second-order valence-corrected chi connectivity index (χ2v) is 3.11. The predicted octanol–water partition coefficient (Wildman–Crippen LogP) is 1.65. The first-order valence-electron chi connectivity index (χ1n) is 4.00. The third-order valence-corrected chi connectivity index (χ3v) is 1.78. The van der Waals surface area contributed by atoms with Gasteiger partial charge in [-0.3, -0.25) is 0 Å². The van der Waals surface area contributed by atoms with Crippen molar-refractivity contribution in [2.24, 2.45) is 0 Å². The van der Waals surface area contributed by atoms with E-state index in [9.17, 15) is 8.78 Å². The van der Waals surface area contributed by atoms with Crippen LogP contribution in [0, 0.1) is 0 Å². The van der Waals surface area contributed by atoms with Gasteiger partial charge in [-0.2, -0.15) is 0 Å². The molecule has 0 aromatic carbocycles. The first kappa shape index (κ1) is 11.4. The van der Waals surface area contributed by atoms with Crippen molar-refractivity contribution in [3.63, 3.8) is 0 Å². The summed E-state index contributed by atoms with van der Waals surface area (Å²) in [6.45, 7) is 0.0759. The molecule has 0 amide bonds. The molecule has 0 saturated heterocycles. The van der Waals surface area contributed by atoms with Gasteiger partial charge in [-0.05, 0) is 23.7 Å². The molecule has 1 aromatic heterocycles. The summed E-state index contributed by atoms with van der Waals surface area (Å²) in [7, 11) is 0. The number of hydrogen-bond acceptors (Lipinski definition) is 3. The molecule has 80 valence electrons. The molecule has 1 atom stereocenters. The van der Waals surface area contributed by atoms with Gasteiger partial charge in [0.25, 0.3) is 6.43 Å². The summed E-state index contributed by atoms with van der Waals surface area (Å²) >= 11 is 5.49. The van der Waals surface area contributed by atoms with E-state index < -0.39 is 12.5 Å². The highest BCUT2D eigenvalue weighted by Crippen LogP contribution is 2.12. The fourth-order valence-electron chi connectivity index (χ4n) is 0.879. The Labute approximate surface area is 84.7 Å². The van der Waals surface area contributed by atoms with E-state index in [1.54, 1.807) is 12.1 Å². The van der Waals surface area contributed by atoms with E-state index in [1.807, 2.05) is 0 Å². The molecular formula is C8H10ClF2NO2. The summed E-state index contributed by atoms with van der Waals surface area (Å²) < 4.78 is 28.6. The van der Waals surface area contributed by atoms with E-state index in [1.165, 1.54) is 0 Å². The van der Waals surface area contributed by atoms with Crippen LogP contribution in [0.3, 0.4) is 0 Å². The Morgan fingerprint density at radius 3 is 2.71 bits per heavy atom. The highest BCUT2D eigenvalue weighted by molar-refractivity contribution is 6.28. The Morgan fingerprint density at radius 1 is 1.50 bits per heavy atom. The maximum Gasteiger partial charge on any atom is 0.265 e. The zero-order valence-electron chi connectivity index (χ0n) is 7.21. The van der Waals surface area contributed by atoms with Crippen molar-refractivity contribution in [2.75, 3.05) is 6.54 Å². The van der Waals surface area contributed by atoms with Crippen molar-refractivity contribution in [1.29, 1.82) is 0 Å². The average molecular weight is 226 g/mol. The van der Waals surface area contributed by atoms with Crippen molar-refractivity contribution >= 4 is 11.6 Å². The smallest absolute Gasteiger partial charge is 0.265 e. The van der Waals surface area contributed by atoms with Gasteiger partial charge in [0.15, 0.2) is 5.22 Å². The number of alkyl halides is 2. The van der Waals surface area contributed by atoms with E-state index in [4.69, 9.17) is 21.1 Å². The van der Waals surface area contributed by atoms with Gasteiger partial charge in [-0.15, -0.1) is 0 Å². The van der Waals surface area contributed by atoms with Gasteiger partial charge in [-0.1, -0.05) is 0 Å². The Hall–Kier alpha value is -0.650. The summed E-state index contributed by atoms with van der Waals surface area (Å²) in [5, 5.41) is 11.6. The SMILES string of the molecule is OC(CNCc1ccc(Cl)o1)C(F)F. The molecule has 0 aliphatic rings. The molecule has 0 aliphatic heterocycles. The molecular weight excluding hydrogens is 216 g/mol. The first-order chi connectivity index (χ1) is 6.59. The Morgan fingerprint density at radius 2 is 2.21 bits per heavy atom. The van der Waals surface area contributed by atoms with Crippen molar-refractivity contribution in [3.05, 3.63) is 23.1 Å². The van der Waals surface area contributed by atoms with Gasteiger partial charge < -0.3 is 14.8 Å². The monoisotopic (exact) mass is 225 g/mol. The normalized spacial score (nSPS) is 13.5. The Balaban J connectivity index is 2.22. The number of aliphatic hydroxyl groups excluding tert-OH is 1. The van der Waals surface area contributed by atoms with Crippen LogP contribution in [-0.2, 0) is 6.54 Å². The summed E-state index contributed by atoms with van der Waals surface area (Å²) in [6, 6.07) is 3.19. The summed E-state index contributed by atoms with van der Waals surface area (Å²) in [6.07, 6.45) is -4.39. The molecule has 1 unspecified atom stereocenters. The number of rotatable bonds is 5. The van der Waals surface area contributed by atoms with Crippen LogP contribution in [0.4, 0.5) is 8.78 Å². The van der Waals surface area contributed by atoms with Crippen molar-refractivity contribution in [1.82, 2.24) is 5.32 Å². The molecule has 0 fully saturated rings. The summed E-state index contributed by atoms with van der Waals surface area (Å²) in [5.74, 6) is 0.538. The molecule has 0 radical (unpaired) electrons. The highest BCUT2D eigenvalue weighted by Gasteiger charge is 2.15. The van der Waals surface area contributed by atoms with Crippen LogP contribution >= 0.6 is 11.6 Å². The molecule has 1 rings (SSSR count). The van der Waals surface area contributed by atoms with Gasteiger partial charge in [0.05, 0.1) is 6.54 Å². The van der Waals surface area contributed by atoms with Gasteiger partial charge >= 0.3 is 0 Å². The highest BCUT2D eigenvalue weighted by atomic mass is 35.5. The first-order valence-corrected chi connectivity index (χ1v) is 4.38. The van der Waals surface area contributed by atoms with Crippen molar-refractivity contribution in [3.8, 4) is 0 Å². The number of hydrogen-bond donors (Lipinski definition) is 2. The van der Waals surface area contributed by atoms with Crippen LogP contribution < -0.4 is 5.32 Å². The minimum absolute atomic E-state index is 0.185. The third kappa shape index (κ3) is 3.61. The second kappa shape index (κ2) is 5.29. The third-order valence-electron chi connectivity index (χ3n) is 1.57. The zero-order chi connectivity index (χ0) is 10.6. The number of furan rings is 1. The lowest BCUT2D eigenvalue weighted by Crippen LogP contribution is -2.31. The summed E-state index contributed by atoms with van der Waals surface area (Å²) in [4.78, 5) is 0.